The zero-order valence-electron chi connectivity index (χ0n) is 12.4. The summed E-state index contributed by atoms with van der Waals surface area (Å²) in [7, 11) is 0. The molecule has 0 aromatic carbocycles. The van der Waals surface area contributed by atoms with Crippen LogP contribution in [0.15, 0.2) is 0 Å². The van der Waals surface area contributed by atoms with Crippen LogP contribution in [0.3, 0.4) is 0 Å². The number of aromatic carboxylic acids is 1. The summed E-state index contributed by atoms with van der Waals surface area (Å²) in [5.41, 5.74) is 0.712. The van der Waals surface area contributed by atoms with Gasteiger partial charge in [0, 0.05) is 19.1 Å². The summed E-state index contributed by atoms with van der Waals surface area (Å²) in [6, 6.07) is 0.562. The van der Waals surface area contributed by atoms with E-state index in [1.54, 1.807) is 0 Å². The molecule has 6 heteroatoms. The number of aromatic nitrogens is 1. The van der Waals surface area contributed by atoms with Crippen molar-refractivity contribution >= 4 is 22.4 Å². The van der Waals surface area contributed by atoms with Crippen LogP contribution < -0.4 is 4.90 Å². The van der Waals surface area contributed by atoms with Crippen molar-refractivity contribution in [3.63, 3.8) is 0 Å². The lowest BCUT2D eigenvalue weighted by atomic mass is 10.2. The van der Waals surface area contributed by atoms with Crippen LogP contribution >= 0.6 is 11.3 Å². The van der Waals surface area contributed by atoms with Crippen molar-refractivity contribution in [1.82, 2.24) is 9.88 Å². The maximum absolute atomic E-state index is 11.2. The van der Waals surface area contributed by atoms with Gasteiger partial charge in [0.15, 0.2) is 5.13 Å². The number of rotatable bonds is 6. The lowest BCUT2D eigenvalue weighted by molar-refractivity contribution is 0.0701. The first-order valence-electron chi connectivity index (χ1n) is 7.32. The normalized spacial score (nSPS) is 19.0. The van der Waals surface area contributed by atoms with Crippen LogP contribution in [-0.2, 0) is 6.42 Å². The standard InChI is InChI=1S/C14H23N3O2S/c1-4-11-12(13(18)19)20-14(15-11)17-8-7-10(9-17)16(5-2)6-3/h10H,4-9H2,1-3H3,(H,18,19). The number of carboxylic acids is 1. The molecule has 1 N–H and O–H groups in total. The second-order valence-corrected chi connectivity index (χ2v) is 6.02. The average Bonchev–Trinajstić information content (AvgIpc) is 3.06. The highest BCUT2D eigenvalue weighted by Gasteiger charge is 2.29. The highest BCUT2D eigenvalue weighted by atomic mass is 32.1. The number of thiazole rings is 1. The first kappa shape index (κ1) is 15.3. The molecule has 0 aliphatic carbocycles. The molecule has 0 bridgehead atoms. The number of likely N-dealkylation sites (N-methyl/N-ethyl adjacent to an activating group) is 1. The van der Waals surface area contributed by atoms with Crippen molar-refractivity contribution in [3.8, 4) is 0 Å². The molecule has 0 saturated carbocycles. The molecule has 5 nitrogen and oxygen atoms in total. The molecule has 0 amide bonds. The van der Waals surface area contributed by atoms with Gasteiger partial charge in [-0.3, -0.25) is 4.90 Å². The molecule has 1 aromatic rings. The maximum atomic E-state index is 11.2. The van der Waals surface area contributed by atoms with Crippen molar-refractivity contribution in [3.05, 3.63) is 10.6 Å². The fourth-order valence-corrected chi connectivity index (χ4v) is 3.86. The van der Waals surface area contributed by atoms with E-state index in [-0.39, 0.29) is 0 Å². The molecule has 2 heterocycles. The Balaban J connectivity index is 2.12. The van der Waals surface area contributed by atoms with E-state index in [9.17, 15) is 9.90 Å². The van der Waals surface area contributed by atoms with Crippen LogP contribution in [0.1, 0.15) is 42.6 Å². The van der Waals surface area contributed by atoms with Gasteiger partial charge in [0.2, 0.25) is 0 Å². The SMILES string of the molecule is CCc1nc(N2CCC(N(CC)CC)C2)sc1C(=O)O. The van der Waals surface area contributed by atoms with Crippen LogP contribution in [-0.4, -0.2) is 53.2 Å². The van der Waals surface area contributed by atoms with Gasteiger partial charge in [-0.25, -0.2) is 9.78 Å². The van der Waals surface area contributed by atoms with Crippen LogP contribution in [0.2, 0.25) is 0 Å². The Morgan fingerprint density at radius 1 is 1.45 bits per heavy atom. The molecule has 1 aliphatic rings. The Morgan fingerprint density at radius 2 is 2.15 bits per heavy atom. The predicted octanol–water partition coefficient (Wildman–Crippen LogP) is 2.32. The van der Waals surface area contributed by atoms with E-state index in [0.29, 0.717) is 23.0 Å². The monoisotopic (exact) mass is 297 g/mol. The third kappa shape index (κ3) is 2.96. The first-order valence-corrected chi connectivity index (χ1v) is 8.14. The number of carbonyl (C=O) groups is 1. The molecule has 1 aliphatic heterocycles. The molecule has 1 fully saturated rings. The molecule has 20 heavy (non-hydrogen) atoms. The maximum Gasteiger partial charge on any atom is 0.347 e. The number of nitrogens with zero attached hydrogens (tertiary/aromatic N) is 3. The minimum Gasteiger partial charge on any atom is -0.477 e. The fourth-order valence-electron chi connectivity index (χ4n) is 2.83. The molecule has 112 valence electrons. The van der Waals surface area contributed by atoms with Gasteiger partial charge in [-0.15, -0.1) is 0 Å². The quantitative estimate of drug-likeness (QED) is 0.873. The Bertz CT molecular complexity index is 471. The highest BCUT2D eigenvalue weighted by molar-refractivity contribution is 7.17. The molecule has 1 aromatic heterocycles. The second kappa shape index (κ2) is 6.54. The zero-order chi connectivity index (χ0) is 14.7. The van der Waals surface area contributed by atoms with Crippen LogP contribution in [0.5, 0.6) is 0 Å². The van der Waals surface area contributed by atoms with Crippen molar-refractivity contribution < 1.29 is 9.90 Å². The lowest BCUT2D eigenvalue weighted by Crippen LogP contribution is -2.37. The van der Waals surface area contributed by atoms with Gasteiger partial charge < -0.3 is 10.0 Å². The molecule has 0 radical (unpaired) electrons. The van der Waals surface area contributed by atoms with Gasteiger partial charge in [-0.1, -0.05) is 32.1 Å². The van der Waals surface area contributed by atoms with Gasteiger partial charge in [0.05, 0.1) is 5.69 Å². The Labute approximate surface area is 124 Å². The van der Waals surface area contributed by atoms with E-state index in [0.717, 1.165) is 37.7 Å². The third-order valence-electron chi connectivity index (χ3n) is 3.98. The van der Waals surface area contributed by atoms with Gasteiger partial charge in [0.1, 0.15) is 4.88 Å². The fraction of sp³-hybridized carbons (Fsp3) is 0.714. The molecule has 1 atom stereocenters. The lowest BCUT2D eigenvalue weighted by Gasteiger charge is -2.25. The number of hydrogen-bond acceptors (Lipinski definition) is 5. The Morgan fingerprint density at radius 3 is 2.65 bits per heavy atom. The van der Waals surface area contributed by atoms with Crippen molar-refractivity contribution in [2.75, 3.05) is 31.1 Å². The topological polar surface area (TPSA) is 56.7 Å². The third-order valence-corrected chi connectivity index (χ3v) is 5.12. The number of anilines is 1. The van der Waals surface area contributed by atoms with Gasteiger partial charge in [0.25, 0.3) is 0 Å². The molecule has 1 saturated heterocycles. The van der Waals surface area contributed by atoms with Crippen molar-refractivity contribution in [2.24, 2.45) is 0 Å². The minimum absolute atomic E-state index is 0.397. The molecular weight excluding hydrogens is 274 g/mol. The van der Waals surface area contributed by atoms with Crippen molar-refractivity contribution in [1.29, 1.82) is 0 Å². The largest absolute Gasteiger partial charge is 0.477 e. The van der Waals surface area contributed by atoms with Gasteiger partial charge in [-0.2, -0.15) is 0 Å². The molecule has 0 spiro atoms. The summed E-state index contributed by atoms with van der Waals surface area (Å²) >= 11 is 1.32. The summed E-state index contributed by atoms with van der Waals surface area (Å²) in [6.07, 6.45) is 1.80. The van der Waals surface area contributed by atoms with E-state index in [1.807, 2.05) is 6.92 Å². The smallest absolute Gasteiger partial charge is 0.347 e. The minimum atomic E-state index is -0.856. The molecular formula is C14H23N3O2S. The predicted molar refractivity (Wildman–Crippen MR) is 82.0 cm³/mol. The van der Waals surface area contributed by atoms with Crippen molar-refractivity contribution in [2.45, 2.75) is 39.7 Å². The zero-order valence-corrected chi connectivity index (χ0v) is 13.2. The van der Waals surface area contributed by atoms with E-state index in [4.69, 9.17) is 0 Å². The van der Waals surface area contributed by atoms with Gasteiger partial charge in [-0.05, 0) is 25.9 Å². The van der Waals surface area contributed by atoms with E-state index in [2.05, 4.69) is 28.6 Å². The van der Waals surface area contributed by atoms with Crippen LogP contribution in [0, 0.1) is 0 Å². The Kier molecular flexibility index (Phi) is 4.99. The van der Waals surface area contributed by atoms with Crippen LogP contribution in [0.4, 0.5) is 5.13 Å². The average molecular weight is 297 g/mol. The van der Waals surface area contributed by atoms with Gasteiger partial charge >= 0.3 is 5.97 Å². The van der Waals surface area contributed by atoms with Crippen LogP contribution in [0.25, 0.3) is 0 Å². The number of carboxylic acid groups (broad SMARTS) is 1. The van der Waals surface area contributed by atoms with E-state index in [1.165, 1.54) is 11.3 Å². The number of aryl methyl sites for hydroxylation is 1. The number of hydrogen-bond donors (Lipinski definition) is 1. The molecule has 1 unspecified atom stereocenters. The van der Waals surface area contributed by atoms with E-state index < -0.39 is 5.97 Å². The second-order valence-electron chi connectivity index (χ2n) is 5.04. The summed E-state index contributed by atoms with van der Waals surface area (Å²) in [5, 5.41) is 10.1. The molecule has 2 rings (SSSR count). The summed E-state index contributed by atoms with van der Waals surface area (Å²) in [4.78, 5) is 20.8. The van der Waals surface area contributed by atoms with E-state index >= 15 is 0 Å². The summed E-state index contributed by atoms with van der Waals surface area (Å²) in [6.45, 7) is 10.4. The highest BCUT2D eigenvalue weighted by Crippen LogP contribution is 2.30. The first-order chi connectivity index (χ1) is 9.60. The Hall–Kier alpha value is -1.14. The summed E-state index contributed by atoms with van der Waals surface area (Å²) < 4.78 is 0. The summed E-state index contributed by atoms with van der Waals surface area (Å²) in [5.74, 6) is -0.856.